The minimum atomic E-state index is -0.571. The van der Waals surface area contributed by atoms with E-state index in [1.165, 1.54) is 23.5 Å². The number of benzene rings is 1. The van der Waals surface area contributed by atoms with Gasteiger partial charge in [-0.25, -0.2) is 4.39 Å². The van der Waals surface area contributed by atoms with Gasteiger partial charge in [0.05, 0.1) is 15.5 Å². The van der Waals surface area contributed by atoms with Crippen molar-refractivity contribution >= 4 is 65.4 Å². The van der Waals surface area contributed by atoms with Gasteiger partial charge in [0.2, 0.25) is 5.78 Å². The maximum atomic E-state index is 13.8. The standard InChI is InChI=1S/C13H5BrClFOS2/c14-7-4-9(16)6(3-8(7)15)13(17)12-5-11-10(19-12)1-2-18-11/h1-5H. The van der Waals surface area contributed by atoms with Crippen LogP contribution in [-0.4, -0.2) is 5.78 Å². The zero-order chi connectivity index (χ0) is 13.6. The van der Waals surface area contributed by atoms with Gasteiger partial charge in [0, 0.05) is 13.9 Å². The maximum Gasteiger partial charge on any atom is 0.206 e. The molecule has 0 amide bonds. The molecule has 2 aromatic heterocycles. The van der Waals surface area contributed by atoms with Crippen LogP contribution in [0, 0.1) is 5.82 Å². The molecule has 0 unspecified atom stereocenters. The number of hydrogen-bond donors (Lipinski definition) is 0. The van der Waals surface area contributed by atoms with Crippen LogP contribution in [0.4, 0.5) is 4.39 Å². The van der Waals surface area contributed by atoms with Gasteiger partial charge in [-0.05, 0) is 45.6 Å². The number of hydrogen-bond acceptors (Lipinski definition) is 3. The zero-order valence-electron chi connectivity index (χ0n) is 9.25. The molecule has 0 aliphatic rings. The molecule has 0 bridgehead atoms. The average Bonchev–Trinajstić information content (AvgIpc) is 2.93. The lowest BCUT2D eigenvalue weighted by Crippen LogP contribution is -2.02. The molecule has 3 rings (SSSR count). The Balaban J connectivity index is 2.09. The zero-order valence-corrected chi connectivity index (χ0v) is 13.2. The largest absolute Gasteiger partial charge is 0.288 e. The second-order valence-electron chi connectivity index (χ2n) is 3.84. The highest BCUT2D eigenvalue weighted by molar-refractivity contribution is 9.10. The summed E-state index contributed by atoms with van der Waals surface area (Å²) in [7, 11) is 0. The van der Waals surface area contributed by atoms with Crippen molar-refractivity contribution in [2.45, 2.75) is 0 Å². The van der Waals surface area contributed by atoms with E-state index >= 15 is 0 Å². The third-order valence-corrected chi connectivity index (χ3v) is 5.91. The molecule has 19 heavy (non-hydrogen) atoms. The van der Waals surface area contributed by atoms with Gasteiger partial charge in [0.15, 0.2) is 0 Å². The quantitative estimate of drug-likeness (QED) is 0.412. The van der Waals surface area contributed by atoms with E-state index in [1.54, 1.807) is 17.4 Å². The third-order valence-electron chi connectivity index (χ3n) is 2.62. The van der Waals surface area contributed by atoms with Gasteiger partial charge in [0.25, 0.3) is 0 Å². The number of fused-ring (bicyclic) bond motifs is 1. The van der Waals surface area contributed by atoms with Gasteiger partial charge in [0.1, 0.15) is 5.82 Å². The highest BCUT2D eigenvalue weighted by Crippen LogP contribution is 2.33. The van der Waals surface area contributed by atoms with Gasteiger partial charge in [-0.15, -0.1) is 22.7 Å². The van der Waals surface area contributed by atoms with Crippen molar-refractivity contribution in [1.82, 2.24) is 0 Å². The Morgan fingerprint density at radius 3 is 2.79 bits per heavy atom. The minimum absolute atomic E-state index is 0.00195. The third kappa shape index (κ3) is 2.36. The predicted molar refractivity (Wildman–Crippen MR) is 82.2 cm³/mol. The highest BCUT2D eigenvalue weighted by atomic mass is 79.9. The van der Waals surface area contributed by atoms with E-state index < -0.39 is 5.82 Å². The minimum Gasteiger partial charge on any atom is -0.288 e. The molecule has 6 heteroatoms. The van der Waals surface area contributed by atoms with Crippen LogP contribution in [0.15, 0.2) is 34.1 Å². The summed E-state index contributed by atoms with van der Waals surface area (Å²) in [6, 6.07) is 6.32. The number of rotatable bonds is 2. The van der Waals surface area contributed by atoms with Gasteiger partial charge in [-0.2, -0.15) is 0 Å². The summed E-state index contributed by atoms with van der Waals surface area (Å²) in [5.74, 6) is -0.904. The normalized spacial score (nSPS) is 11.1. The van der Waals surface area contributed by atoms with Gasteiger partial charge in [-0.1, -0.05) is 11.6 Å². The molecule has 0 N–H and O–H groups in total. The van der Waals surface area contributed by atoms with E-state index in [1.807, 2.05) is 11.4 Å². The van der Waals surface area contributed by atoms with Crippen LogP contribution in [0.5, 0.6) is 0 Å². The molecule has 0 saturated heterocycles. The first-order valence-electron chi connectivity index (χ1n) is 5.22. The molecule has 3 aromatic rings. The Kier molecular flexibility index (Phi) is 3.47. The van der Waals surface area contributed by atoms with E-state index in [0.29, 0.717) is 14.4 Å². The molecule has 0 atom stereocenters. The van der Waals surface area contributed by atoms with Crippen LogP contribution in [-0.2, 0) is 0 Å². The Bertz CT molecular complexity index is 765. The molecule has 1 nitrogen and oxygen atoms in total. The number of carbonyl (C=O) groups is 1. The first-order valence-corrected chi connectivity index (χ1v) is 8.09. The number of ketones is 1. The molecule has 0 aliphatic carbocycles. The summed E-state index contributed by atoms with van der Waals surface area (Å²) in [5.41, 5.74) is 0.00195. The van der Waals surface area contributed by atoms with Crippen LogP contribution in [0.25, 0.3) is 9.40 Å². The molecule has 2 heterocycles. The number of carbonyl (C=O) groups excluding carboxylic acids is 1. The Morgan fingerprint density at radius 1 is 1.26 bits per heavy atom. The van der Waals surface area contributed by atoms with Crippen LogP contribution in [0.1, 0.15) is 15.2 Å². The Hall–Kier alpha value is -0.750. The molecule has 0 spiro atoms. The summed E-state index contributed by atoms with van der Waals surface area (Å²) < 4.78 is 16.4. The summed E-state index contributed by atoms with van der Waals surface area (Å²) in [4.78, 5) is 12.8. The second-order valence-corrected chi connectivity index (χ2v) is 7.13. The van der Waals surface area contributed by atoms with E-state index in [0.717, 1.165) is 9.40 Å². The molecule has 0 fully saturated rings. The van der Waals surface area contributed by atoms with Crippen molar-refractivity contribution < 1.29 is 9.18 Å². The smallest absolute Gasteiger partial charge is 0.206 e. The number of thiophene rings is 2. The number of halogens is 3. The summed E-state index contributed by atoms with van der Waals surface area (Å²) in [6.07, 6.45) is 0. The Morgan fingerprint density at radius 2 is 2.05 bits per heavy atom. The maximum absolute atomic E-state index is 13.8. The van der Waals surface area contributed by atoms with Crippen molar-refractivity contribution in [1.29, 1.82) is 0 Å². The summed E-state index contributed by atoms with van der Waals surface area (Å²) in [6.45, 7) is 0. The fourth-order valence-corrected chi connectivity index (χ4v) is 4.25. The molecular formula is C13H5BrClFOS2. The second kappa shape index (κ2) is 4.98. The Labute approximate surface area is 129 Å². The average molecular weight is 376 g/mol. The van der Waals surface area contributed by atoms with Crippen molar-refractivity contribution in [2.24, 2.45) is 0 Å². The lowest BCUT2D eigenvalue weighted by molar-refractivity contribution is 0.103. The molecule has 0 saturated carbocycles. The van der Waals surface area contributed by atoms with Crippen molar-refractivity contribution in [3.8, 4) is 0 Å². The summed E-state index contributed by atoms with van der Waals surface area (Å²) in [5, 5.41) is 2.29. The van der Waals surface area contributed by atoms with Crippen LogP contribution >= 0.6 is 50.2 Å². The van der Waals surface area contributed by atoms with Gasteiger partial charge >= 0.3 is 0 Å². The molecule has 96 valence electrons. The van der Waals surface area contributed by atoms with Crippen molar-refractivity contribution in [3.05, 3.63) is 55.4 Å². The van der Waals surface area contributed by atoms with Crippen LogP contribution < -0.4 is 0 Å². The molecule has 0 radical (unpaired) electrons. The lowest BCUT2D eigenvalue weighted by atomic mass is 10.1. The van der Waals surface area contributed by atoms with Crippen LogP contribution in [0.3, 0.4) is 0 Å². The molecule has 1 aromatic carbocycles. The highest BCUT2D eigenvalue weighted by Gasteiger charge is 2.18. The van der Waals surface area contributed by atoms with Gasteiger partial charge in [-0.3, -0.25) is 4.79 Å². The van der Waals surface area contributed by atoms with Crippen LogP contribution in [0.2, 0.25) is 5.02 Å². The van der Waals surface area contributed by atoms with E-state index in [9.17, 15) is 9.18 Å². The van der Waals surface area contributed by atoms with Crippen molar-refractivity contribution in [3.63, 3.8) is 0 Å². The lowest BCUT2D eigenvalue weighted by Gasteiger charge is -2.03. The molecule has 0 aliphatic heterocycles. The van der Waals surface area contributed by atoms with Crippen molar-refractivity contribution in [2.75, 3.05) is 0 Å². The SMILES string of the molecule is O=C(c1cc2sccc2s1)c1cc(Cl)c(Br)cc1F. The first-order chi connectivity index (χ1) is 9.06. The van der Waals surface area contributed by atoms with E-state index in [4.69, 9.17) is 11.6 Å². The van der Waals surface area contributed by atoms with Gasteiger partial charge < -0.3 is 0 Å². The topological polar surface area (TPSA) is 17.1 Å². The summed E-state index contributed by atoms with van der Waals surface area (Å²) >= 11 is 12.0. The van der Waals surface area contributed by atoms with E-state index in [2.05, 4.69) is 15.9 Å². The fraction of sp³-hybridized carbons (Fsp3) is 0. The molecular weight excluding hydrogens is 371 g/mol. The first kappa shape index (κ1) is 13.2. The predicted octanol–water partition coefficient (Wildman–Crippen LogP) is 5.75. The fourth-order valence-electron chi connectivity index (χ4n) is 1.71. The van der Waals surface area contributed by atoms with E-state index in [-0.39, 0.29) is 11.3 Å². The monoisotopic (exact) mass is 374 g/mol.